The van der Waals surface area contributed by atoms with Gasteiger partial charge < -0.3 is 5.32 Å². The molecule has 23 heavy (non-hydrogen) atoms. The van der Waals surface area contributed by atoms with Gasteiger partial charge >= 0.3 is 0 Å². The Morgan fingerprint density at radius 2 is 1.96 bits per heavy atom. The lowest BCUT2D eigenvalue weighted by molar-refractivity contribution is 0.0919. The van der Waals surface area contributed by atoms with Crippen molar-refractivity contribution in [2.75, 3.05) is 11.5 Å². The van der Waals surface area contributed by atoms with Gasteiger partial charge in [0, 0.05) is 11.1 Å². The Hall–Kier alpha value is -1.54. The molecule has 0 radical (unpaired) electrons. The highest BCUT2D eigenvalue weighted by atomic mass is 32.2. The molecule has 1 fully saturated rings. The lowest BCUT2D eigenvalue weighted by Crippen LogP contribution is -2.46. The van der Waals surface area contributed by atoms with E-state index >= 15 is 0 Å². The number of thiophene rings is 1. The number of rotatable bonds is 2. The molecular formula is C15H19N3O3S2. The van der Waals surface area contributed by atoms with E-state index in [9.17, 15) is 13.2 Å². The van der Waals surface area contributed by atoms with Crippen molar-refractivity contribution in [3.63, 3.8) is 0 Å². The van der Waals surface area contributed by atoms with Crippen LogP contribution in [0.5, 0.6) is 0 Å². The summed E-state index contributed by atoms with van der Waals surface area (Å²) in [4.78, 5) is 22.8. The second-order valence-electron chi connectivity index (χ2n) is 6.45. The molecule has 0 aliphatic carbocycles. The van der Waals surface area contributed by atoms with Gasteiger partial charge in [-0.05, 0) is 39.7 Å². The molecule has 2 aromatic rings. The first-order valence-electron chi connectivity index (χ1n) is 7.37. The van der Waals surface area contributed by atoms with Crippen molar-refractivity contribution < 1.29 is 13.2 Å². The highest BCUT2D eigenvalue weighted by molar-refractivity contribution is 7.91. The third-order valence-corrected chi connectivity index (χ3v) is 7.30. The van der Waals surface area contributed by atoms with Gasteiger partial charge in [0.25, 0.3) is 5.91 Å². The van der Waals surface area contributed by atoms with E-state index in [0.717, 1.165) is 21.5 Å². The lowest BCUT2D eigenvalue weighted by Gasteiger charge is -2.23. The van der Waals surface area contributed by atoms with Gasteiger partial charge in [-0.2, -0.15) is 0 Å². The maximum Gasteiger partial charge on any atom is 0.262 e. The molecule has 2 aromatic heterocycles. The van der Waals surface area contributed by atoms with Crippen molar-refractivity contribution in [2.45, 2.75) is 39.7 Å². The van der Waals surface area contributed by atoms with E-state index in [2.05, 4.69) is 15.3 Å². The van der Waals surface area contributed by atoms with Gasteiger partial charge in [0.2, 0.25) is 0 Å². The van der Waals surface area contributed by atoms with Gasteiger partial charge in [0.15, 0.2) is 9.84 Å². The van der Waals surface area contributed by atoms with E-state index in [1.54, 1.807) is 6.92 Å². The Morgan fingerprint density at radius 1 is 1.26 bits per heavy atom. The molecule has 1 atom stereocenters. The number of fused-ring (bicyclic) bond motifs is 1. The largest absolute Gasteiger partial charge is 0.345 e. The zero-order chi connectivity index (χ0) is 17.0. The molecule has 0 aromatic carbocycles. The number of amides is 1. The molecule has 8 heteroatoms. The summed E-state index contributed by atoms with van der Waals surface area (Å²) in [6, 6.07) is 0. The second kappa shape index (κ2) is 5.24. The normalized spacial score (nSPS) is 23.3. The maximum absolute atomic E-state index is 12.7. The summed E-state index contributed by atoms with van der Waals surface area (Å²) < 4.78 is 23.4. The number of hydrogen-bond donors (Lipinski definition) is 1. The fourth-order valence-electron chi connectivity index (χ4n) is 3.13. The average Bonchev–Trinajstić information content (AvgIpc) is 2.86. The fourth-order valence-corrected chi connectivity index (χ4v) is 6.40. The van der Waals surface area contributed by atoms with E-state index in [1.165, 1.54) is 11.3 Å². The monoisotopic (exact) mass is 353 g/mol. The van der Waals surface area contributed by atoms with Crippen LogP contribution in [-0.2, 0) is 9.84 Å². The Balaban J connectivity index is 1.96. The predicted molar refractivity (Wildman–Crippen MR) is 90.8 cm³/mol. The molecule has 1 aliphatic rings. The molecule has 1 aliphatic heterocycles. The van der Waals surface area contributed by atoms with Crippen LogP contribution in [0.4, 0.5) is 0 Å². The van der Waals surface area contributed by atoms with Gasteiger partial charge in [0.05, 0.1) is 21.9 Å². The van der Waals surface area contributed by atoms with Gasteiger partial charge in [-0.1, -0.05) is 0 Å². The van der Waals surface area contributed by atoms with Crippen molar-refractivity contribution in [3.8, 4) is 0 Å². The standard InChI is InChI=1S/C15H19N3O3S2/c1-8-11-9(2)16-10(3)17-14(11)22-12(8)13(19)18-15(4)5-6-23(20,21)7-15/h5-7H2,1-4H3,(H,18,19)/t15-/m0/s1. The maximum atomic E-state index is 12.7. The fraction of sp³-hybridized carbons (Fsp3) is 0.533. The van der Waals surface area contributed by atoms with E-state index in [0.29, 0.717) is 17.1 Å². The third kappa shape index (κ3) is 2.97. The van der Waals surface area contributed by atoms with Crippen LogP contribution in [-0.4, -0.2) is 41.3 Å². The smallest absolute Gasteiger partial charge is 0.262 e. The molecule has 3 rings (SSSR count). The van der Waals surface area contributed by atoms with Crippen LogP contribution in [0, 0.1) is 20.8 Å². The average molecular weight is 353 g/mol. The van der Waals surface area contributed by atoms with Crippen molar-refractivity contribution in [3.05, 3.63) is 22.0 Å². The number of nitrogens with zero attached hydrogens (tertiary/aromatic N) is 2. The molecule has 1 N–H and O–H groups in total. The number of nitrogens with one attached hydrogen (secondary N) is 1. The number of aryl methyl sites for hydroxylation is 3. The summed E-state index contributed by atoms with van der Waals surface area (Å²) in [6.45, 7) is 7.40. The predicted octanol–water partition coefficient (Wildman–Crippen LogP) is 1.92. The van der Waals surface area contributed by atoms with Crippen molar-refractivity contribution in [1.82, 2.24) is 15.3 Å². The van der Waals surface area contributed by atoms with Crippen LogP contribution in [0.15, 0.2) is 0 Å². The number of sulfone groups is 1. The van der Waals surface area contributed by atoms with Gasteiger partial charge in [-0.25, -0.2) is 18.4 Å². The van der Waals surface area contributed by atoms with E-state index in [1.807, 2.05) is 20.8 Å². The second-order valence-corrected chi connectivity index (χ2v) is 9.63. The third-order valence-electron chi connectivity index (χ3n) is 4.21. The molecule has 124 valence electrons. The van der Waals surface area contributed by atoms with E-state index in [-0.39, 0.29) is 17.4 Å². The minimum absolute atomic E-state index is 0.00633. The molecule has 0 unspecified atom stereocenters. The molecule has 0 spiro atoms. The van der Waals surface area contributed by atoms with Crippen LogP contribution in [0.3, 0.4) is 0 Å². The first kappa shape index (κ1) is 16.3. The topological polar surface area (TPSA) is 89.0 Å². The van der Waals surface area contributed by atoms with Crippen LogP contribution in [0.25, 0.3) is 10.2 Å². The zero-order valence-electron chi connectivity index (χ0n) is 13.6. The molecule has 1 saturated heterocycles. The Kier molecular flexibility index (Phi) is 3.72. The lowest BCUT2D eigenvalue weighted by atomic mass is 10.0. The number of hydrogen-bond acceptors (Lipinski definition) is 6. The Morgan fingerprint density at radius 3 is 2.57 bits per heavy atom. The van der Waals surface area contributed by atoms with Gasteiger partial charge in [-0.15, -0.1) is 11.3 Å². The van der Waals surface area contributed by atoms with Gasteiger partial charge in [-0.3, -0.25) is 4.79 Å². The summed E-state index contributed by atoms with van der Waals surface area (Å²) in [5.74, 6) is 0.561. The summed E-state index contributed by atoms with van der Waals surface area (Å²) in [6.07, 6.45) is 0.447. The summed E-state index contributed by atoms with van der Waals surface area (Å²) in [5.41, 5.74) is 1.01. The van der Waals surface area contributed by atoms with Crippen molar-refractivity contribution in [1.29, 1.82) is 0 Å². The summed E-state index contributed by atoms with van der Waals surface area (Å²) in [5, 5.41) is 3.82. The number of carbonyl (C=O) groups excluding carboxylic acids is 1. The summed E-state index contributed by atoms with van der Waals surface area (Å²) >= 11 is 1.33. The Labute approximate surface area is 139 Å². The van der Waals surface area contributed by atoms with Crippen LogP contribution in [0.1, 0.15) is 40.1 Å². The molecule has 6 nitrogen and oxygen atoms in total. The van der Waals surface area contributed by atoms with Crippen LogP contribution < -0.4 is 5.32 Å². The number of carbonyl (C=O) groups is 1. The van der Waals surface area contributed by atoms with E-state index in [4.69, 9.17) is 0 Å². The summed E-state index contributed by atoms with van der Waals surface area (Å²) in [7, 11) is -3.06. The Bertz CT molecular complexity index is 918. The number of aromatic nitrogens is 2. The molecule has 0 bridgehead atoms. The minimum Gasteiger partial charge on any atom is -0.345 e. The van der Waals surface area contributed by atoms with Crippen molar-refractivity contribution >= 4 is 37.3 Å². The SMILES string of the molecule is Cc1nc(C)c2c(C)c(C(=O)N[C@@]3(C)CCS(=O)(=O)C3)sc2n1. The highest BCUT2D eigenvalue weighted by Crippen LogP contribution is 2.32. The van der Waals surface area contributed by atoms with Crippen LogP contribution in [0.2, 0.25) is 0 Å². The zero-order valence-corrected chi connectivity index (χ0v) is 15.2. The molecule has 3 heterocycles. The van der Waals surface area contributed by atoms with E-state index < -0.39 is 15.4 Å². The van der Waals surface area contributed by atoms with Crippen LogP contribution >= 0.6 is 11.3 Å². The quantitative estimate of drug-likeness (QED) is 0.891. The molecule has 1 amide bonds. The minimum atomic E-state index is -3.06. The van der Waals surface area contributed by atoms with Crippen molar-refractivity contribution in [2.24, 2.45) is 0 Å². The first-order valence-corrected chi connectivity index (χ1v) is 10.0. The molecule has 0 saturated carbocycles. The highest BCUT2D eigenvalue weighted by Gasteiger charge is 2.40. The molecular weight excluding hydrogens is 334 g/mol. The van der Waals surface area contributed by atoms with Gasteiger partial charge in [0.1, 0.15) is 10.7 Å². The first-order chi connectivity index (χ1) is 10.6.